The van der Waals surface area contributed by atoms with Gasteiger partial charge in [0.15, 0.2) is 0 Å². The van der Waals surface area contributed by atoms with Crippen LogP contribution in [0.15, 0.2) is 30.3 Å². The van der Waals surface area contributed by atoms with Gasteiger partial charge in [-0.05, 0) is 84.1 Å². The molecule has 1 fully saturated rings. The number of carbonyl (C=O) groups is 1. The van der Waals surface area contributed by atoms with Crippen LogP contribution < -0.4 is 10.6 Å². The maximum atomic E-state index is 11.7. The van der Waals surface area contributed by atoms with Gasteiger partial charge < -0.3 is 20.3 Å². The van der Waals surface area contributed by atoms with Crippen molar-refractivity contribution in [2.24, 2.45) is 5.92 Å². The van der Waals surface area contributed by atoms with Gasteiger partial charge >= 0.3 is 6.09 Å². The molecule has 0 aromatic heterocycles. The summed E-state index contributed by atoms with van der Waals surface area (Å²) in [5.74, 6) is 0.575. The van der Waals surface area contributed by atoms with Gasteiger partial charge in [0, 0.05) is 13.1 Å². The first kappa shape index (κ1) is 22.7. The molecule has 1 saturated heterocycles. The van der Waals surface area contributed by atoms with Gasteiger partial charge in [-0.25, -0.2) is 4.79 Å². The third-order valence-corrected chi connectivity index (χ3v) is 5.14. The second-order valence-electron chi connectivity index (χ2n) is 8.89. The van der Waals surface area contributed by atoms with Gasteiger partial charge in [0.1, 0.15) is 5.60 Å². The Morgan fingerprint density at radius 1 is 1.11 bits per heavy atom. The van der Waals surface area contributed by atoms with E-state index in [9.17, 15) is 4.79 Å². The van der Waals surface area contributed by atoms with E-state index in [0.717, 1.165) is 45.6 Å². The first-order chi connectivity index (χ1) is 13.4. The van der Waals surface area contributed by atoms with Crippen LogP contribution in [0.4, 0.5) is 4.79 Å². The maximum Gasteiger partial charge on any atom is 0.407 e. The molecule has 0 atom stereocenters. The third kappa shape index (κ3) is 10.1. The molecule has 1 heterocycles. The SMILES string of the molecule is CC(C)(C)OC(=O)NCC1CCN(CCCCCNCc2ccccc2)CC1. The van der Waals surface area contributed by atoms with Gasteiger partial charge in [0.05, 0.1) is 0 Å². The molecule has 1 aliphatic heterocycles. The second kappa shape index (κ2) is 12.1. The first-order valence-corrected chi connectivity index (χ1v) is 10.9. The van der Waals surface area contributed by atoms with Crippen LogP contribution in [-0.2, 0) is 11.3 Å². The lowest BCUT2D eigenvalue weighted by Crippen LogP contribution is -2.40. The molecule has 0 spiro atoms. The Balaban J connectivity index is 1.44. The van der Waals surface area contributed by atoms with Gasteiger partial charge in [0.2, 0.25) is 0 Å². The largest absolute Gasteiger partial charge is 0.444 e. The summed E-state index contributed by atoms with van der Waals surface area (Å²) in [6.45, 7) is 12.0. The molecule has 1 aliphatic rings. The molecule has 1 aromatic carbocycles. The number of ether oxygens (including phenoxy) is 1. The van der Waals surface area contributed by atoms with E-state index in [2.05, 4.69) is 45.9 Å². The minimum atomic E-state index is -0.426. The van der Waals surface area contributed by atoms with Crippen LogP contribution in [-0.4, -0.2) is 49.3 Å². The predicted molar refractivity (Wildman–Crippen MR) is 115 cm³/mol. The molecule has 0 radical (unpaired) electrons. The van der Waals surface area contributed by atoms with E-state index >= 15 is 0 Å². The highest BCUT2D eigenvalue weighted by molar-refractivity contribution is 5.67. The van der Waals surface area contributed by atoms with E-state index in [1.807, 2.05) is 20.8 Å². The zero-order valence-electron chi connectivity index (χ0n) is 18.0. The number of alkyl carbamates (subject to hydrolysis) is 1. The van der Waals surface area contributed by atoms with Gasteiger partial charge in [-0.1, -0.05) is 36.8 Å². The Morgan fingerprint density at radius 3 is 2.50 bits per heavy atom. The molecule has 28 heavy (non-hydrogen) atoms. The topological polar surface area (TPSA) is 53.6 Å². The molecule has 0 bridgehead atoms. The highest BCUT2D eigenvalue weighted by Gasteiger charge is 2.21. The Hall–Kier alpha value is -1.59. The summed E-state index contributed by atoms with van der Waals surface area (Å²) in [6, 6.07) is 10.6. The quantitative estimate of drug-likeness (QED) is 0.589. The summed E-state index contributed by atoms with van der Waals surface area (Å²) in [6.07, 6.45) is 5.82. The van der Waals surface area contributed by atoms with Crippen molar-refractivity contribution in [1.82, 2.24) is 15.5 Å². The van der Waals surface area contributed by atoms with Gasteiger partial charge in [0.25, 0.3) is 0 Å². The van der Waals surface area contributed by atoms with Gasteiger partial charge in [-0.3, -0.25) is 0 Å². The number of piperidine rings is 1. The van der Waals surface area contributed by atoms with Crippen molar-refractivity contribution in [1.29, 1.82) is 0 Å². The normalized spacial score (nSPS) is 16.1. The molecule has 2 N–H and O–H groups in total. The fraction of sp³-hybridized carbons (Fsp3) is 0.696. The highest BCUT2D eigenvalue weighted by Crippen LogP contribution is 2.17. The van der Waals surface area contributed by atoms with Crippen molar-refractivity contribution < 1.29 is 9.53 Å². The molecular weight excluding hydrogens is 350 g/mol. The zero-order chi connectivity index (χ0) is 20.2. The Morgan fingerprint density at radius 2 is 1.82 bits per heavy atom. The van der Waals surface area contributed by atoms with Crippen LogP contribution in [0.1, 0.15) is 58.4 Å². The minimum absolute atomic E-state index is 0.296. The van der Waals surface area contributed by atoms with Crippen molar-refractivity contribution in [3.63, 3.8) is 0 Å². The van der Waals surface area contributed by atoms with E-state index in [4.69, 9.17) is 4.74 Å². The molecule has 0 unspecified atom stereocenters. The van der Waals surface area contributed by atoms with Crippen molar-refractivity contribution in [3.8, 4) is 0 Å². The first-order valence-electron chi connectivity index (χ1n) is 10.9. The number of unbranched alkanes of at least 4 members (excludes halogenated alkanes) is 2. The number of likely N-dealkylation sites (tertiary alicyclic amines) is 1. The van der Waals surface area contributed by atoms with Crippen LogP contribution in [0.5, 0.6) is 0 Å². The fourth-order valence-electron chi connectivity index (χ4n) is 3.55. The predicted octanol–water partition coefficient (Wildman–Crippen LogP) is 4.18. The minimum Gasteiger partial charge on any atom is -0.444 e. The molecule has 158 valence electrons. The van der Waals surface area contributed by atoms with E-state index in [-0.39, 0.29) is 6.09 Å². The van der Waals surface area contributed by atoms with Crippen LogP contribution in [0, 0.1) is 5.92 Å². The van der Waals surface area contributed by atoms with Crippen molar-refractivity contribution in [3.05, 3.63) is 35.9 Å². The molecule has 5 nitrogen and oxygen atoms in total. The molecule has 0 aliphatic carbocycles. The molecule has 5 heteroatoms. The maximum absolute atomic E-state index is 11.7. The number of hydrogen-bond donors (Lipinski definition) is 2. The zero-order valence-corrected chi connectivity index (χ0v) is 18.0. The molecule has 0 saturated carbocycles. The lowest BCUT2D eigenvalue weighted by atomic mass is 9.96. The van der Waals surface area contributed by atoms with Gasteiger partial charge in [-0.15, -0.1) is 0 Å². The number of amides is 1. The lowest BCUT2D eigenvalue weighted by molar-refractivity contribution is 0.0510. The van der Waals surface area contributed by atoms with E-state index in [1.165, 1.54) is 31.4 Å². The summed E-state index contributed by atoms with van der Waals surface area (Å²) >= 11 is 0. The van der Waals surface area contributed by atoms with Gasteiger partial charge in [-0.2, -0.15) is 0 Å². The van der Waals surface area contributed by atoms with E-state index < -0.39 is 5.60 Å². The number of nitrogens with zero attached hydrogens (tertiary/aromatic N) is 1. The van der Waals surface area contributed by atoms with Crippen LogP contribution in [0.2, 0.25) is 0 Å². The number of rotatable bonds is 10. The smallest absolute Gasteiger partial charge is 0.407 e. The Labute approximate surface area is 171 Å². The standard InChI is InChI=1S/C23H39N3O2/c1-23(2,3)28-22(27)25-19-21-12-16-26(17-13-21)15-9-5-8-14-24-18-20-10-6-4-7-11-20/h4,6-7,10-11,21,24H,5,8-9,12-19H2,1-3H3,(H,25,27). The molecule has 2 rings (SSSR count). The van der Waals surface area contributed by atoms with Crippen molar-refractivity contribution in [2.75, 3.05) is 32.7 Å². The Bertz CT molecular complexity index is 549. The van der Waals surface area contributed by atoms with E-state index in [0.29, 0.717) is 5.92 Å². The molecule has 1 amide bonds. The van der Waals surface area contributed by atoms with Crippen LogP contribution in [0.25, 0.3) is 0 Å². The number of nitrogens with one attached hydrogen (secondary N) is 2. The number of hydrogen-bond acceptors (Lipinski definition) is 4. The summed E-state index contributed by atoms with van der Waals surface area (Å²) in [7, 11) is 0. The summed E-state index contributed by atoms with van der Waals surface area (Å²) < 4.78 is 5.30. The van der Waals surface area contributed by atoms with Crippen molar-refractivity contribution in [2.45, 2.75) is 65.0 Å². The van der Waals surface area contributed by atoms with Crippen LogP contribution in [0.3, 0.4) is 0 Å². The summed E-state index contributed by atoms with van der Waals surface area (Å²) in [5.41, 5.74) is 0.927. The highest BCUT2D eigenvalue weighted by atomic mass is 16.6. The average Bonchev–Trinajstić information content (AvgIpc) is 2.66. The average molecular weight is 390 g/mol. The van der Waals surface area contributed by atoms with E-state index in [1.54, 1.807) is 0 Å². The number of benzene rings is 1. The van der Waals surface area contributed by atoms with Crippen LogP contribution >= 0.6 is 0 Å². The Kier molecular flexibility index (Phi) is 9.79. The molecular formula is C23H39N3O2. The number of carbonyl (C=O) groups excluding carboxylic acids is 1. The third-order valence-electron chi connectivity index (χ3n) is 5.14. The lowest BCUT2D eigenvalue weighted by Gasteiger charge is -2.32. The summed E-state index contributed by atoms with van der Waals surface area (Å²) in [5, 5.41) is 6.45. The molecule has 1 aromatic rings. The monoisotopic (exact) mass is 389 g/mol. The van der Waals surface area contributed by atoms with Crippen molar-refractivity contribution >= 4 is 6.09 Å². The second-order valence-corrected chi connectivity index (χ2v) is 8.89. The fourth-order valence-corrected chi connectivity index (χ4v) is 3.55. The summed E-state index contributed by atoms with van der Waals surface area (Å²) in [4.78, 5) is 14.3.